The van der Waals surface area contributed by atoms with Crippen molar-refractivity contribution in [1.29, 1.82) is 0 Å². The third kappa shape index (κ3) is 5.36. The van der Waals surface area contributed by atoms with Crippen molar-refractivity contribution in [2.75, 3.05) is 33.9 Å². The normalized spacial score (nSPS) is 13.6. The van der Waals surface area contributed by atoms with Crippen molar-refractivity contribution in [3.05, 3.63) is 29.8 Å². The molecule has 0 radical (unpaired) electrons. The molecule has 0 saturated carbocycles. The number of methoxy groups -OCH3 is 1. The van der Waals surface area contributed by atoms with Crippen molar-refractivity contribution in [3.63, 3.8) is 0 Å². The van der Waals surface area contributed by atoms with E-state index >= 15 is 0 Å². The molecule has 1 aromatic carbocycles. The molecular formula is C13H19F3N2O2. The van der Waals surface area contributed by atoms with Crippen LogP contribution in [0.5, 0.6) is 5.75 Å². The topological polar surface area (TPSA) is 47.7 Å². The Morgan fingerprint density at radius 2 is 2.05 bits per heavy atom. The monoisotopic (exact) mass is 292 g/mol. The second-order valence-corrected chi connectivity index (χ2v) is 4.35. The van der Waals surface area contributed by atoms with E-state index in [9.17, 15) is 13.2 Å². The highest BCUT2D eigenvalue weighted by Crippen LogP contribution is 2.27. The molecule has 1 unspecified atom stereocenters. The van der Waals surface area contributed by atoms with Crippen molar-refractivity contribution in [1.82, 2.24) is 4.90 Å². The fourth-order valence-electron chi connectivity index (χ4n) is 1.88. The summed E-state index contributed by atoms with van der Waals surface area (Å²) in [5.41, 5.74) is 6.38. The zero-order valence-corrected chi connectivity index (χ0v) is 11.5. The zero-order valence-electron chi connectivity index (χ0n) is 11.5. The number of alkyl halides is 3. The molecule has 0 fully saturated rings. The van der Waals surface area contributed by atoms with Crippen LogP contribution in [-0.2, 0) is 4.74 Å². The molecule has 114 valence electrons. The van der Waals surface area contributed by atoms with Crippen LogP contribution in [0.15, 0.2) is 24.3 Å². The Morgan fingerprint density at radius 1 is 1.35 bits per heavy atom. The van der Waals surface area contributed by atoms with Crippen LogP contribution >= 0.6 is 0 Å². The highest BCUT2D eigenvalue weighted by atomic mass is 19.4. The number of likely N-dealkylation sites (N-methyl/N-ethyl adjacent to an activating group) is 1. The molecule has 0 amide bonds. The molecule has 0 aliphatic heterocycles. The summed E-state index contributed by atoms with van der Waals surface area (Å²) in [5.74, 6) is -0.242. The van der Waals surface area contributed by atoms with Gasteiger partial charge in [-0.2, -0.15) is 0 Å². The van der Waals surface area contributed by atoms with Crippen molar-refractivity contribution in [2.45, 2.75) is 12.4 Å². The molecule has 0 bridgehead atoms. The van der Waals surface area contributed by atoms with Gasteiger partial charge in [-0.25, -0.2) is 0 Å². The first-order valence-electron chi connectivity index (χ1n) is 6.12. The van der Waals surface area contributed by atoms with E-state index in [-0.39, 0.29) is 18.3 Å². The lowest BCUT2D eigenvalue weighted by Gasteiger charge is -2.27. The van der Waals surface area contributed by atoms with Crippen LogP contribution in [0.25, 0.3) is 0 Å². The van der Waals surface area contributed by atoms with Gasteiger partial charge in [-0.15, -0.1) is 13.2 Å². The first-order chi connectivity index (χ1) is 9.37. The van der Waals surface area contributed by atoms with Crippen LogP contribution in [0.1, 0.15) is 11.6 Å². The van der Waals surface area contributed by atoms with E-state index < -0.39 is 6.36 Å². The third-order valence-electron chi connectivity index (χ3n) is 2.88. The maximum absolute atomic E-state index is 12.2. The van der Waals surface area contributed by atoms with Crippen LogP contribution in [0.3, 0.4) is 0 Å². The summed E-state index contributed by atoms with van der Waals surface area (Å²) in [5, 5.41) is 0. The highest BCUT2D eigenvalue weighted by molar-refractivity contribution is 5.31. The molecule has 0 aliphatic rings. The van der Waals surface area contributed by atoms with E-state index in [2.05, 4.69) is 4.74 Å². The molecule has 0 aliphatic carbocycles. The SMILES string of the molecule is COCCN(C)C(CN)c1cccc(OC(F)(F)F)c1. The van der Waals surface area contributed by atoms with Gasteiger partial charge in [0, 0.05) is 26.2 Å². The van der Waals surface area contributed by atoms with Gasteiger partial charge in [0.1, 0.15) is 5.75 Å². The molecule has 1 atom stereocenters. The first kappa shape index (κ1) is 16.7. The first-order valence-corrected chi connectivity index (χ1v) is 6.12. The average Bonchev–Trinajstić information content (AvgIpc) is 2.35. The van der Waals surface area contributed by atoms with Crippen molar-refractivity contribution < 1.29 is 22.6 Å². The second kappa shape index (κ2) is 7.47. The van der Waals surface area contributed by atoms with E-state index in [0.717, 1.165) is 0 Å². The van der Waals surface area contributed by atoms with Crippen LogP contribution in [-0.4, -0.2) is 45.1 Å². The van der Waals surface area contributed by atoms with Gasteiger partial charge in [0.25, 0.3) is 0 Å². The fourth-order valence-corrected chi connectivity index (χ4v) is 1.88. The van der Waals surface area contributed by atoms with Crippen LogP contribution in [0.2, 0.25) is 0 Å². The summed E-state index contributed by atoms with van der Waals surface area (Å²) < 4.78 is 45.5. The summed E-state index contributed by atoms with van der Waals surface area (Å²) >= 11 is 0. The third-order valence-corrected chi connectivity index (χ3v) is 2.88. The molecular weight excluding hydrogens is 273 g/mol. The smallest absolute Gasteiger partial charge is 0.406 e. The Kier molecular flexibility index (Phi) is 6.25. The molecule has 0 saturated heterocycles. The van der Waals surface area contributed by atoms with Gasteiger partial charge in [0.05, 0.1) is 6.61 Å². The molecule has 20 heavy (non-hydrogen) atoms. The minimum atomic E-state index is -4.70. The summed E-state index contributed by atoms with van der Waals surface area (Å²) in [6.07, 6.45) is -4.70. The molecule has 1 rings (SSSR count). The Labute approximate surface area is 116 Å². The highest BCUT2D eigenvalue weighted by Gasteiger charge is 2.31. The minimum Gasteiger partial charge on any atom is -0.406 e. The summed E-state index contributed by atoms with van der Waals surface area (Å²) in [4.78, 5) is 1.93. The van der Waals surface area contributed by atoms with Crippen LogP contribution in [0, 0.1) is 0 Å². The average molecular weight is 292 g/mol. The van der Waals surface area contributed by atoms with E-state index in [1.54, 1.807) is 13.2 Å². The van der Waals surface area contributed by atoms with Crippen molar-refractivity contribution in [2.24, 2.45) is 5.73 Å². The molecule has 0 spiro atoms. The number of nitrogens with two attached hydrogens (primary N) is 1. The quantitative estimate of drug-likeness (QED) is 0.836. The summed E-state index contributed by atoms with van der Waals surface area (Å²) in [6, 6.07) is 5.67. The van der Waals surface area contributed by atoms with Gasteiger partial charge in [-0.3, -0.25) is 4.90 Å². The lowest BCUT2D eigenvalue weighted by molar-refractivity contribution is -0.274. The van der Waals surface area contributed by atoms with Crippen molar-refractivity contribution in [3.8, 4) is 5.75 Å². The number of hydrogen-bond donors (Lipinski definition) is 1. The van der Waals surface area contributed by atoms with Gasteiger partial charge < -0.3 is 15.2 Å². The maximum atomic E-state index is 12.2. The predicted molar refractivity (Wildman–Crippen MR) is 69.4 cm³/mol. The minimum absolute atomic E-state index is 0.193. The Bertz CT molecular complexity index is 413. The molecule has 4 nitrogen and oxygen atoms in total. The van der Waals surface area contributed by atoms with Crippen LogP contribution in [0.4, 0.5) is 13.2 Å². The lowest BCUT2D eigenvalue weighted by Crippen LogP contribution is -2.33. The van der Waals surface area contributed by atoms with E-state index in [1.165, 1.54) is 18.2 Å². The van der Waals surface area contributed by atoms with E-state index in [0.29, 0.717) is 18.7 Å². The number of ether oxygens (including phenoxy) is 2. The number of benzene rings is 1. The van der Waals surface area contributed by atoms with Gasteiger partial charge >= 0.3 is 6.36 Å². The largest absolute Gasteiger partial charge is 0.573 e. The van der Waals surface area contributed by atoms with Gasteiger partial charge in [-0.05, 0) is 24.7 Å². The summed E-state index contributed by atoms with van der Waals surface area (Å²) in [7, 11) is 3.43. The number of nitrogens with zero attached hydrogens (tertiary/aromatic N) is 1. The van der Waals surface area contributed by atoms with Crippen molar-refractivity contribution >= 4 is 0 Å². The standard InChI is InChI=1S/C13H19F3N2O2/c1-18(6-7-19-2)12(9-17)10-4-3-5-11(8-10)20-13(14,15)16/h3-5,8,12H,6-7,9,17H2,1-2H3. The van der Waals surface area contributed by atoms with E-state index in [4.69, 9.17) is 10.5 Å². The van der Waals surface area contributed by atoms with Gasteiger partial charge in [0.2, 0.25) is 0 Å². The summed E-state index contributed by atoms with van der Waals surface area (Å²) in [6.45, 7) is 1.43. The predicted octanol–water partition coefficient (Wildman–Crippen LogP) is 2.16. The molecule has 0 heterocycles. The lowest BCUT2D eigenvalue weighted by atomic mass is 10.1. The molecule has 0 aromatic heterocycles. The van der Waals surface area contributed by atoms with Crippen LogP contribution < -0.4 is 10.5 Å². The second-order valence-electron chi connectivity index (χ2n) is 4.35. The number of hydrogen-bond acceptors (Lipinski definition) is 4. The maximum Gasteiger partial charge on any atom is 0.573 e. The number of rotatable bonds is 7. The molecule has 2 N–H and O–H groups in total. The Balaban J connectivity index is 2.84. The number of halogens is 3. The zero-order chi connectivity index (χ0) is 15.2. The Hall–Kier alpha value is -1.31. The molecule has 1 aromatic rings. The van der Waals surface area contributed by atoms with Gasteiger partial charge in [-0.1, -0.05) is 12.1 Å². The Morgan fingerprint density at radius 3 is 2.60 bits per heavy atom. The molecule has 7 heteroatoms. The fraction of sp³-hybridized carbons (Fsp3) is 0.538. The van der Waals surface area contributed by atoms with E-state index in [1.807, 2.05) is 11.9 Å². The van der Waals surface area contributed by atoms with Gasteiger partial charge in [0.15, 0.2) is 0 Å².